The molecule has 4 atom stereocenters. The van der Waals surface area contributed by atoms with Crippen LogP contribution in [0.25, 0.3) is 0 Å². The lowest BCUT2D eigenvalue weighted by Crippen LogP contribution is -2.69. The van der Waals surface area contributed by atoms with Gasteiger partial charge in [-0.25, -0.2) is 4.79 Å². The summed E-state index contributed by atoms with van der Waals surface area (Å²) < 4.78 is 3.26. The normalized spacial score (nSPS) is 28.0. The second kappa shape index (κ2) is 9.67. The molecule has 0 bridgehead atoms. The standard InChI is InChI=1S/C16H18Cl3N5O5S2/c1-6-7(14(27)29-5-16(17,18)19)3-24-12(26)10(13(24)31-6)22-11(25)9(23-28-2)8-4-30-15(20)21-8/h3-4,6,10,13,15,21H,5,20H2,1-2H3,(H,22,25)/t6?,10?,13-,15?/m1/s1. The summed E-state index contributed by atoms with van der Waals surface area (Å²) in [5.74, 6) is -1.67. The smallest absolute Gasteiger partial charge is 0.336 e. The minimum atomic E-state index is -1.74. The van der Waals surface area contributed by atoms with Crippen LogP contribution >= 0.6 is 58.3 Å². The van der Waals surface area contributed by atoms with E-state index in [1.165, 1.54) is 41.7 Å². The van der Waals surface area contributed by atoms with Crippen molar-refractivity contribution in [2.24, 2.45) is 10.9 Å². The molecule has 10 nitrogen and oxygen atoms in total. The molecule has 3 rings (SSSR count). The van der Waals surface area contributed by atoms with Gasteiger partial charge in [-0.2, -0.15) is 0 Å². The number of fused-ring (bicyclic) bond motifs is 1. The predicted octanol–water partition coefficient (Wildman–Crippen LogP) is 0.995. The van der Waals surface area contributed by atoms with E-state index in [0.29, 0.717) is 5.70 Å². The van der Waals surface area contributed by atoms with Crippen LogP contribution in [0.4, 0.5) is 0 Å². The Labute approximate surface area is 201 Å². The highest BCUT2D eigenvalue weighted by Gasteiger charge is 2.52. The van der Waals surface area contributed by atoms with Gasteiger partial charge in [0.2, 0.25) is 3.79 Å². The molecule has 0 aliphatic carbocycles. The quantitative estimate of drug-likeness (QED) is 0.151. The van der Waals surface area contributed by atoms with Crippen LogP contribution in [0.1, 0.15) is 6.92 Å². The van der Waals surface area contributed by atoms with Gasteiger partial charge in [0.05, 0.1) is 11.3 Å². The predicted molar refractivity (Wildman–Crippen MR) is 120 cm³/mol. The zero-order valence-electron chi connectivity index (χ0n) is 16.1. The van der Waals surface area contributed by atoms with Crippen molar-refractivity contribution in [3.63, 3.8) is 0 Å². The molecule has 1 saturated heterocycles. The molecular formula is C16H18Cl3N5O5S2. The van der Waals surface area contributed by atoms with Crippen molar-refractivity contribution >= 4 is 81.8 Å². The van der Waals surface area contributed by atoms with E-state index in [2.05, 4.69) is 15.8 Å². The van der Waals surface area contributed by atoms with Gasteiger partial charge in [0.15, 0.2) is 5.71 Å². The summed E-state index contributed by atoms with van der Waals surface area (Å²) in [7, 11) is 1.30. The highest BCUT2D eigenvalue weighted by Crippen LogP contribution is 2.41. The third kappa shape index (κ3) is 5.55. The van der Waals surface area contributed by atoms with Gasteiger partial charge in [-0.05, 0) is 6.92 Å². The van der Waals surface area contributed by atoms with Crippen LogP contribution in [-0.2, 0) is 24.0 Å². The highest BCUT2D eigenvalue weighted by atomic mass is 35.6. The van der Waals surface area contributed by atoms with E-state index in [1.807, 2.05) is 0 Å². The van der Waals surface area contributed by atoms with Crippen molar-refractivity contribution in [1.82, 2.24) is 15.5 Å². The van der Waals surface area contributed by atoms with Gasteiger partial charge in [0.1, 0.15) is 30.6 Å². The molecule has 0 radical (unpaired) electrons. The van der Waals surface area contributed by atoms with E-state index in [1.54, 1.807) is 12.3 Å². The van der Waals surface area contributed by atoms with Crippen LogP contribution in [0.2, 0.25) is 0 Å². The summed E-state index contributed by atoms with van der Waals surface area (Å²) in [6.07, 6.45) is 1.40. The number of esters is 1. The molecule has 0 aromatic heterocycles. The van der Waals surface area contributed by atoms with Crippen LogP contribution in [0.15, 0.2) is 28.0 Å². The molecule has 0 aromatic carbocycles. The van der Waals surface area contributed by atoms with Crippen LogP contribution in [-0.4, -0.2) is 68.1 Å². The molecule has 0 aromatic rings. The fraction of sp³-hybridized carbons (Fsp3) is 0.500. The summed E-state index contributed by atoms with van der Waals surface area (Å²) in [6, 6.07) is -0.805. The number of amides is 2. The zero-order valence-corrected chi connectivity index (χ0v) is 20.0. The average molecular weight is 531 g/mol. The average Bonchev–Trinajstić information content (AvgIpc) is 3.13. The second-order valence-electron chi connectivity index (χ2n) is 6.50. The number of oxime groups is 1. The second-order valence-corrected chi connectivity index (χ2v) is 11.5. The molecule has 170 valence electrons. The summed E-state index contributed by atoms with van der Waals surface area (Å²) in [6.45, 7) is 1.35. The van der Waals surface area contributed by atoms with Crippen molar-refractivity contribution in [2.75, 3.05) is 13.7 Å². The maximum atomic E-state index is 12.7. The van der Waals surface area contributed by atoms with Gasteiger partial charge in [0.25, 0.3) is 11.8 Å². The number of carbonyl (C=O) groups excluding carboxylic acids is 3. The number of halogens is 3. The molecule has 4 N–H and O–H groups in total. The Kier molecular flexibility index (Phi) is 7.59. The highest BCUT2D eigenvalue weighted by molar-refractivity contribution is 8.03. The number of ether oxygens (including phenoxy) is 1. The number of rotatable bonds is 6. The molecule has 3 unspecified atom stereocenters. The Balaban J connectivity index is 1.66. The van der Waals surface area contributed by atoms with Gasteiger partial charge in [-0.1, -0.05) is 51.7 Å². The van der Waals surface area contributed by atoms with Crippen LogP contribution < -0.4 is 16.4 Å². The van der Waals surface area contributed by atoms with Crippen molar-refractivity contribution in [1.29, 1.82) is 0 Å². The van der Waals surface area contributed by atoms with Crippen LogP contribution in [0.3, 0.4) is 0 Å². The number of carbonyl (C=O) groups is 3. The van der Waals surface area contributed by atoms with E-state index >= 15 is 0 Å². The lowest BCUT2D eigenvalue weighted by molar-refractivity contribution is -0.144. The summed E-state index contributed by atoms with van der Waals surface area (Å²) in [5.41, 5.74) is 5.95. The largest absolute Gasteiger partial charge is 0.458 e. The first kappa shape index (κ1) is 24.3. The fourth-order valence-corrected chi connectivity index (χ4v) is 5.07. The van der Waals surface area contributed by atoms with Gasteiger partial charge in [-0.15, -0.1) is 11.8 Å². The number of hydrogen-bond acceptors (Lipinski definition) is 10. The molecule has 15 heteroatoms. The Bertz CT molecular complexity index is 878. The molecule has 2 amide bonds. The van der Waals surface area contributed by atoms with Gasteiger partial charge < -0.3 is 30.8 Å². The molecule has 3 aliphatic heterocycles. The van der Waals surface area contributed by atoms with E-state index in [4.69, 9.17) is 50.1 Å². The first-order valence-electron chi connectivity index (χ1n) is 8.75. The minimum absolute atomic E-state index is 0.0328. The minimum Gasteiger partial charge on any atom is -0.458 e. The van der Waals surface area contributed by atoms with E-state index in [-0.39, 0.29) is 22.4 Å². The third-order valence-electron chi connectivity index (χ3n) is 4.31. The monoisotopic (exact) mass is 529 g/mol. The van der Waals surface area contributed by atoms with Gasteiger partial charge in [-0.3, -0.25) is 9.59 Å². The Morgan fingerprint density at radius 1 is 1.42 bits per heavy atom. The lowest BCUT2D eigenvalue weighted by atomic mass is 10.1. The first-order valence-corrected chi connectivity index (χ1v) is 11.8. The topological polar surface area (TPSA) is 135 Å². The molecule has 0 spiro atoms. The maximum absolute atomic E-state index is 12.7. The summed E-state index contributed by atoms with van der Waals surface area (Å²) in [4.78, 5) is 43.7. The lowest BCUT2D eigenvalue weighted by Gasteiger charge is -2.48. The van der Waals surface area contributed by atoms with E-state index in [9.17, 15) is 14.4 Å². The Hall–Kier alpha value is -1.31. The number of nitrogens with two attached hydrogens (primary N) is 1. The number of alkyl halides is 3. The van der Waals surface area contributed by atoms with Crippen LogP contribution in [0, 0.1) is 0 Å². The molecule has 0 saturated carbocycles. The van der Waals surface area contributed by atoms with Gasteiger partial charge in [0, 0.05) is 16.9 Å². The van der Waals surface area contributed by atoms with Crippen molar-refractivity contribution in [2.45, 2.75) is 32.9 Å². The zero-order chi connectivity index (χ0) is 22.9. The first-order chi connectivity index (χ1) is 14.5. The molecule has 3 aliphatic rings. The van der Waals surface area contributed by atoms with Crippen molar-refractivity contribution in [3.05, 3.63) is 22.9 Å². The molecule has 1 fully saturated rings. The summed E-state index contributed by atoms with van der Waals surface area (Å²) in [5, 5.41) is 10.2. The molecule has 3 heterocycles. The fourth-order valence-electron chi connectivity index (χ4n) is 2.89. The van der Waals surface area contributed by atoms with Crippen molar-refractivity contribution in [3.8, 4) is 0 Å². The van der Waals surface area contributed by atoms with E-state index in [0.717, 1.165) is 0 Å². The number of β-lactam (4-membered cyclic amide) rings is 1. The number of hydrogen-bond donors (Lipinski definition) is 3. The third-order valence-corrected chi connectivity index (χ3v) is 6.86. The number of nitrogens with zero attached hydrogens (tertiary/aromatic N) is 2. The summed E-state index contributed by atoms with van der Waals surface area (Å²) >= 11 is 19.4. The molecular weight excluding hydrogens is 513 g/mol. The SMILES string of the molecule is CON=C(C(=O)NC1C(=O)N2C=C(C(=O)OCC(Cl)(Cl)Cl)C(C)S[C@H]12)C1=CSC(N)N1. The Morgan fingerprint density at radius 3 is 2.71 bits per heavy atom. The van der Waals surface area contributed by atoms with Crippen LogP contribution in [0.5, 0.6) is 0 Å². The van der Waals surface area contributed by atoms with Crippen molar-refractivity contribution < 1.29 is 24.0 Å². The van der Waals surface area contributed by atoms with Gasteiger partial charge >= 0.3 is 5.97 Å². The maximum Gasteiger partial charge on any atom is 0.336 e. The Morgan fingerprint density at radius 2 is 2.13 bits per heavy atom. The number of nitrogens with one attached hydrogen (secondary N) is 2. The van der Waals surface area contributed by atoms with E-state index < -0.39 is 39.2 Å². The molecule has 31 heavy (non-hydrogen) atoms. The number of thioether (sulfide) groups is 2.